The van der Waals surface area contributed by atoms with Crippen LogP contribution in [-0.4, -0.2) is 31.5 Å². The molecule has 0 heterocycles. The van der Waals surface area contributed by atoms with Crippen molar-refractivity contribution in [3.05, 3.63) is 98.6 Å². The summed E-state index contributed by atoms with van der Waals surface area (Å²) >= 11 is 5.90. The number of hydrazone groups is 1. The number of rotatable bonds is 8. The molecule has 35 heavy (non-hydrogen) atoms. The lowest BCUT2D eigenvalue weighted by Crippen LogP contribution is -2.39. The average Bonchev–Trinajstić information content (AvgIpc) is 2.83. The number of nitrogens with one attached hydrogen (secondary N) is 1. The van der Waals surface area contributed by atoms with Crippen molar-refractivity contribution in [2.75, 3.05) is 10.8 Å². The van der Waals surface area contributed by atoms with Crippen molar-refractivity contribution in [3.63, 3.8) is 0 Å². The Hall–Kier alpha value is -3.76. The normalized spacial score (nSPS) is 11.7. The zero-order valence-corrected chi connectivity index (χ0v) is 20.8. The predicted molar refractivity (Wildman–Crippen MR) is 135 cm³/mol. The third kappa shape index (κ3) is 6.23. The van der Waals surface area contributed by atoms with Crippen molar-refractivity contribution in [1.29, 1.82) is 0 Å². The molecule has 0 unspecified atom stereocenters. The van der Waals surface area contributed by atoms with Gasteiger partial charge in [-0.3, -0.25) is 19.2 Å². The lowest BCUT2D eigenvalue weighted by atomic mass is 10.1. The number of carbonyl (C=O) groups is 1. The number of nitrogens with zero attached hydrogens (tertiary/aromatic N) is 3. The first kappa shape index (κ1) is 25.9. The van der Waals surface area contributed by atoms with Gasteiger partial charge in [-0.25, -0.2) is 13.8 Å². The number of amides is 1. The van der Waals surface area contributed by atoms with Gasteiger partial charge in [-0.15, -0.1) is 0 Å². The number of hydrogen-bond donors (Lipinski definition) is 1. The molecule has 182 valence electrons. The summed E-state index contributed by atoms with van der Waals surface area (Å²) in [6.45, 7) is 4.78. The molecule has 0 saturated heterocycles. The smallest absolute Gasteiger partial charge is 0.270 e. The maximum Gasteiger partial charge on any atom is 0.270 e. The van der Waals surface area contributed by atoms with E-state index < -0.39 is 27.4 Å². The largest absolute Gasteiger partial charge is 0.271 e. The van der Waals surface area contributed by atoms with Gasteiger partial charge < -0.3 is 0 Å². The Labute approximate surface area is 208 Å². The molecule has 0 saturated carbocycles. The van der Waals surface area contributed by atoms with E-state index in [0.29, 0.717) is 22.0 Å². The quantitative estimate of drug-likeness (QED) is 0.267. The van der Waals surface area contributed by atoms with Crippen LogP contribution in [-0.2, 0) is 14.8 Å². The van der Waals surface area contributed by atoms with E-state index in [9.17, 15) is 23.3 Å². The fourth-order valence-corrected chi connectivity index (χ4v) is 4.69. The molecule has 0 bridgehead atoms. The maximum absolute atomic E-state index is 13.4. The van der Waals surface area contributed by atoms with Crippen molar-refractivity contribution in [1.82, 2.24) is 5.43 Å². The van der Waals surface area contributed by atoms with Crippen LogP contribution in [0.5, 0.6) is 0 Å². The second kappa shape index (κ2) is 10.7. The number of nitro groups is 1. The zero-order chi connectivity index (χ0) is 25.8. The van der Waals surface area contributed by atoms with Crippen molar-refractivity contribution in [3.8, 4) is 0 Å². The number of non-ortho nitro benzene ring substituents is 1. The number of anilines is 1. The summed E-state index contributed by atoms with van der Waals surface area (Å²) in [5.41, 5.74) is 5.14. The first-order valence-electron chi connectivity index (χ1n) is 10.4. The topological polar surface area (TPSA) is 122 Å². The molecule has 1 N–H and O–H groups in total. The van der Waals surface area contributed by atoms with Gasteiger partial charge in [-0.05, 0) is 68.3 Å². The summed E-state index contributed by atoms with van der Waals surface area (Å²) in [5, 5.41) is 15.4. The van der Waals surface area contributed by atoms with Crippen molar-refractivity contribution in [2.45, 2.75) is 25.7 Å². The van der Waals surface area contributed by atoms with Crippen LogP contribution in [0.15, 0.2) is 76.7 Å². The first-order valence-corrected chi connectivity index (χ1v) is 12.2. The van der Waals surface area contributed by atoms with Crippen molar-refractivity contribution in [2.24, 2.45) is 5.10 Å². The molecule has 3 aromatic rings. The maximum atomic E-state index is 13.4. The van der Waals surface area contributed by atoms with Gasteiger partial charge in [-0.1, -0.05) is 29.8 Å². The highest BCUT2D eigenvalue weighted by Gasteiger charge is 2.27. The molecule has 0 aliphatic heterocycles. The summed E-state index contributed by atoms with van der Waals surface area (Å²) in [6.07, 6.45) is 0. The Morgan fingerprint density at radius 2 is 1.74 bits per heavy atom. The minimum absolute atomic E-state index is 0.0239. The minimum atomic E-state index is -4.11. The van der Waals surface area contributed by atoms with Gasteiger partial charge in [0.1, 0.15) is 6.54 Å². The fraction of sp³-hybridized carbons (Fsp3) is 0.167. The first-order chi connectivity index (χ1) is 16.5. The summed E-state index contributed by atoms with van der Waals surface area (Å²) in [7, 11) is -4.11. The molecule has 9 nitrogen and oxygen atoms in total. The van der Waals surface area contributed by atoms with E-state index in [-0.39, 0.29) is 10.6 Å². The second-order valence-electron chi connectivity index (χ2n) is 7.77. The SMILES string of the molecule is C/C(=N/NC(=O)CN(c1ccc(C)c(C)c1)S(=O)(=O)c1ccc(Cl)cc1)c1cccc([N+](=O)[O-])c1. The van der Waals surface area contributed by atoms with E-state index in [4.69, 9.17) is 11.6 Å². The summed E-state index contributed by atoms with van der Waals surface area (Å²) in [4.78, 5) is 23.2. The molecule has 1 amide bonds. The number of hydrogen-bond acceptors (Lipinski definition) is 6. The van der Waals surface area contributed by atoms with E-state index in [0.717, 1.165) is 15.4 Å². The van der Waals surface area contributed by atoms with Crippen LogP contribution in [0.1, 0.15) is 23.6 Å². The van der Waals surface area contributed by atoms with E-state index in [1.807, 2.05) is 13.8 Å². The van der Waals surface area contributed by atoms with Crippen molar-refractivity contribution < 1.29 is 18.1 Å². The number of benzene rings is 3. The zero-order valence-electron chi connectivity index (χ0n) is 19.2. The lowest BCUT2D eigenvalue weighted by Gasteiger charge is -2.24. The molecular weight excluding hydrogens is 492 g/mol. The predicted octanol–water partition coefficient (Wildman–Crippen LogP) is 4.60. The summed E-state index contributed by atoms with van der Waals surface area (Å²) in [6, 6.07) is 16.5. The minimum Gasteiger partial charge on any atom is -0.271 e. The fourth-order valence-electron chi connectivity index (χ4n) is 3.15. The lowest BCUT2D eigenvalue weighted by molar-refractivity contribution is -0.384. The van der Waals surface area contributed by atoms with Gasteiger partial charge in [0.2, 0.25) is 0 Å². The molecule has 3 rings (SSSR count). The average molecular weight is 515 g/mol. The van der Waals surface area contributed by atoms with Gasteiger partial charge in [-0.2, -0.15) is 5.10 Å². The number of sulfonamides is 1. The molecule has 0 spiro atoms. The van der Waals surface area contributed by atoms with Gasteiger partial charge >= 0.3 is 0 Å². The standard InChI is InChI=1S/C24H23ClN4O5S/c1-16-7-10-21(13-17(16)2)28(35(33,34)23-11-8-20(25)9-12-23)15-24(30)27-26-18(3)19-5-4-6-22(14-19)29(31)32/h4-14H,15H2,1-3H3,(H,27,30)/b26-18-. The van der Waals surface area contributed by atoms with Crippen LogP contribution < -0.4 is 9.73 Å². The van der Waals surface area contributed by atoms with E-state index in [1.165, 1.54) is 42.5 Å². The van der Waals surface area contributed by atoms with Gasteiger partial charge in [0.05, 0.1) is 21.2 Å². The van der Waals surface area contributed by atoms with Crippen LogP contribution in [0.3, 0.4) is 0 Å². The molecular formula is C24H23ClN4O5S. The molecule has 11 heteroatoms. The van der Waals surface area contributed by atoms with Crippen LogP contribution in [0.25, 0.3) is 0 Å². The monoisotopic (exact) mass is 514 g/mol. The van der Waals surface area contributed by atoms with E-state index in [2.05, 4.69) is 10.5 Å². The van der Waals surface area contributed by atoms with E-state index in [1.54, 1.807) is 31.2 Å². The van der Waals surface area contributed by atoms with Gasteiger partial charge in [0.15, 0.2) is 0 Å². The Morgan fingerprint density at radius 3 is 2.37 bits per heavy atom. The highest BCUT2D eigenvalue weighted by Crippen LogP contribution is 2.26. The number of halogens is 1. The van der Waals surface area contributed by atoms with Gasteiger partial charge in [0.25, 0.3) is 21.6 Å². The highest BCUT2D eigenvalue weighted by molar-refractivity contribution is 7.92. The second-order valence-corrected chi connectivity index (χ2v) is 10.1. The number of nitro benzene ring substituents is 1. The Kier molecular flexibility index (Phi) is 7.88. The molecule has 0 aliphatic carbocycles. The Balaban J connectivity index is 1.90. The number of aryl methyl sites for hydroxylation is 2. The molecule has 3 aromatic carbocycles. The molecule has 0 radical (unpaired) electrons. The molecule has 0 atom stereocenters. The van der Waals surface area contributed by atoms with E-state index >= 15 is 0 Å². The van der Waals surface area contributed by atoms with Crippen LogP contribution in [0.4, 0.5) is 11.4 Å². The van der Waals surface area contributed by atoms with Crippen LogP contribution in [0.2, 0.25) is 5.02 Å². The third-order valence-electron chi connectivity index (χ3n) is 5.29. The summed E-state index contributed by atoms with van der Waals surface area (Å²) in [5.74, 6) is -0.689. The number of carbonyl (C=O) groups excluding carboxylic acids is 1. The van der Waals surface area contributed by atoms with Crippen LogP contribution >= 0.6 is 11.6 Å². The molecule has 0 aliphatic rings. The van der Waals surface area contributed by atoms with Crippen LogP contribution in [0, 0.1) is 24.0 Å². The molecule has 0 aromatic heterocycles. The third-order valence-corrected chi connectivity index (χ3v) is 7.33. The Bertz CT molecular complexity index is 1410. The Morgan fingerprint density at radius 1 is 1.06 bits per heavy atom. The van der Waals surface area contributed by atoms with Gasteiger partial charge in [0, 0.05) is 22.7 Å². The molecule has 0 fully saturated rings. The summed E-state index contributed by atoms with van der Waals surface area (Å²) < 4.78 is 27.9. The highest BCUT2D eigenvalue weighted by atomic mass is 35.5. The van der Waals surface area contributed by atoms with Crippen molar-refractivity contribution >= 4 is 44.6 Å².